The summed E-state index contributed by atoms with van der Waals surface area (Å²) in [4.78, 5) is 0. The van der Waals surface area contributed by atoms with Crippen LogP contribution in [0.4, 0.5) is 0 Å². The largest absolute Gasteiger partial charge is 0.633 e. The molecule has 0 aromatic carbocycles. The molecule has 0 bridgehead atoms. The molecule has 0 aromatic rings. The third kappa shape index (κ3) is 44.5. The number of rotatable bonds is 48. The Hall–Kier alpha value is -0.0800. The van der Waals surface area contributed by atoms with Crippen LogP contribution in [0.3, 0.4) is 0 Å². The van der Waals surface area contributed by atoms with Gasteiger partial charge in [0.2, 0.25) is 0 Å². The molecular weight excluding hydrogens is 643 g/mol. The van der Waals surface area contributed by atoms with Crippen molar-refractivity contribution in [3.63, 3.8) is 0 Å². The molecule has 0 saturated heterocycles. The average molecular weight is 748 g/mol. The zero-order valence-corrected chi connectivity index (χ0v) is 37.8. The van der Waals surface area contributed by atoms with Crippen molar-refractivity contribution < 1.29 is 4.65 Å². The van der Waals surface area contributed by atoms with Gasteiger partial charge in [0.25, 0.3) is 0 Å². The number of hydrogen-bond acceptors (Lipinski definition) is 1. The maximum Gasteiger partial charge on any atom is 0.0783 e. The quantitative estimate of drug-likeness (QED) is 0.0345. The van der Waals surface area contributed by atoms with Gasteiger partial charge in [0.15, 0.2) is 0 Å². The highest BCUT2D eigenvalue weighted by Gasteiger charge is 2.16. The van der Waals surface area contributed by atoms with Gasteiger partial charge in [-0.2, -0.15) is 0 Å². The first-order valence-corrected chi connectivity index (χ1v) is 25.8. The van der Waals surface area contributed by atoms with Gasteiger partial charge in [-0.15, -0.1) is 0 Å². The summed E-state index contributed by atoms with van der Waals surface area (Å²) in [6.07, 6.45) is 62.8. The lowest BCUT2D eigenvalue weighted by Gasteiger charge is -2.43. The fourth-order valence-electron chi connectivity index (χ4n) is 8.65. The molecule has 0 aliphatic rings. The molecule has 320 valence electrons. The van der Waals surface area contributed by atoms with E-state index in [0.29, 0.717) is 0 Å². The smallest absolute Gasteiger partial charge is 0.0783 e. The number of unbranched alkanes of at least 4 members (excludes halogenated alkanes) is 42. The summed E-state index contributed by atoms with van der Waals surface area (Å²) in [5.41, 5.74) is 0. The van der Waals surface area contributed by atoms with Gasteiger partial charge >= 0.3 is 0 Å². The maximum absolute atomic E-state index is 14.0. The van der Waals surface area contributed by atoms with Crippen molar-refractivity contribution in [3.8, 4) is 0 Å². The third-order valence-electron chi connectivity index (χ3n) is 12.5. The van der Waals surface area contributed by atoms with E-state index in [9.17, 15) is 5.21 Å². The van der Waals surface area contributed by atoms with Gasteiger partial charge in [0, 0.05) is 0 Å². The second-order valence-electron chi connectivity index (χ2n) is 18.1. The summed E-state index contributed by atoms with van der Waals surface area (Å²) in [6.45, 7) is 9.57. The minimum absolute atomic E-state index is 0.120. The van der Waals surface area contributed by atoms with E-state index in [4.69, 9.17) is 0 Å². The minimum atomic E-state index is 0.120. The first kappa shape index (κ1) is 52.9. The molecule has 0 atom stereocenters. The maximum atomic E-state index is 14.0. The Bertz CT molecular complexity index is 550. The van der Waals surface area contributed by atoms with Crippen LogP contribution < -0.4 is 0 Å². The van der Waals surface area contributed by atoms with Gasteiger partial charge in [0.05, 0.1) is 19.6 Å². The first-order chi connectivity index (χ1) is 26.2. The van der Waals surface area contributed by atoms with Crippen molar-refractivity contribution in [2.75, 3.05) is 19.6 Å². The van der Waals surface area contributed by atoms with Crippen LogP contribution in [0.15, 0.2) is 0 Å². The van der Waals surface area contributed by atoms with Crippen LogP contribution in [0.2, 0.25) is 0 Å². The lowest BCUT2D eigenvalue weighted by atomic mass is 10.0. The molecule has 0 saturated carbocycles. The molecule has 2 nitrogen and oxygen atoms in total. The van der Waals surface area contributed by atoms with E-state index >= 15 is 0 Å². The van der Waals surface area contributed by atoms with E-state index in [-0.39, 0.29) is 4.65 Å². The zero-order valence-electron chi connectivity index (χ0n) is 37.8. The van der Waals surface area contributed by atoms with Crippen LogP contribution in [-0.2, 0) is 0 Å². The summed E-state index contributed by atoms with van der Waals surface area (Å²) in [5, 5.41) is 14.0. The van der Waals surface area contributed by atoms with Crippen LogP contribution in [0.1, 0.15) is 310 Å². The Morgan fingerprint density at radius 2 is 0.302 bits per heavy atom. The Morgan fingerprint density at radius 3 is 0.434 bits per heavy atom. The Morgan fingerprint density at radius 1 is 0.189 bits per heavy atom. The van der Waals surface area contributed by atoms with Gasteiger partial charge in [-0.05, 0) is 38.5 Å². The molecule has 0 fully saturated rings. The molecule has 0 spiro atoms. The zero-order chi connectivity index (χ0) is 38.4. The average Bonchev–Trinajstić information content (AvgIpc) is 3.16. The summed E-state index contributed by atoms with van der Waals surface area (Å²) in [5.74, 6) is 0. The summed E-state index contributed by atoms with van der Waals surface area (Å²) < 4.78 is 0.120. The van der Waals surface area contributed by atoms with Gasteiger partial charge < -0.3 is 9.85 Å². The van der Waals surface area contributed by atoms with E-state index in [1.807, 2.05) is 0 Å². The number of quaternary nitrogens is 1. The summed E-state index contributed by atoms with van der Waals surface area (Å²) in [7, 11) is 0. The van der Waals surface area contributed by atoms with Gasteiger partial charge in [0.1, 0.15) is 0 Å². The molecule has 0 heterocycles. The fourth-order valence-corrected chi connectivity index (χ4v) is 8.65. The minimum Gasteiger partial charge on any atom is -0.633 e. The first-order valence-electron chi connectivity index (χ1n) is 25.8. The molecule has 0 radical (unpaired) electrons. The second-order valence-corrected chi connectivity index (χ2v) is 18.1. The van der Waals surface area contributed by atoms with E-state index < -0.39 is 0 Å². The van der Waals surface area contributed by atoms with E-state index in [1.54, 1.807) is 0 Å². The molecule has 0 unspecified atom stereocenters. The SMILES string of the molecule is CCCCCCCCCCCCCCCCC[N+]([O-])(CCCCCCCCCCCCCCCCC)CCCCCCCCCCCCCCCCC. The van der Waals surface area contributed by atoms with Crippen LogP contribution in [0.25, 0.3) is 0 Å². The predicted octanol–water partition coefficient (Wildman–Crippen LogP) is 18.9. The molecule has 0 N–H and O–H groups in total. The molecule has 0 amide bonds. The van der Waals surface area contributed by atoms with Gasteiger partial charge in [-0.3, -0.25) is 0 Å². The third-order valence-corrected chi connectivity index (χ3v) is 12.5. The molecule has 0 aromatic heterocycles. The molecule has 0 aliphatic carbocycles. The van der Waals surface area contributed by atoms with Gasteiger partial charge in [-0.1, -0.05) is 271 Å². The Labute approximate surface area is 338 Å². The second kappa shape index (κ2) is 46.3. The number of hydroxylamine groups is 3. The predicted molar refractivity (Wildman–Crippen MR) is 243 cm³/mol. The van der Waals surface area contributed by atoms with Gasteiger partial charge in [-0.25, -0.2) is 0 Å². The van der Waals surface area contributed by atoms with E-state index in [0.717, 1.165) is 38.9 Å². The highest BCUT2D eigenvalue weighted by molar-refractivity contribution is 4.56. The highest BCUT2D eigenvalue weighted by atomic mass is 16.5. The lowest BCUT2D eigenvalue weighted by Crippen LogP contribution is -2.44. The van der Waals surface area contributed by atoms with Crippen molar-refractivity contribution in [2.24, 2.45) is 0 Å². The molecule has 0 rings (SSSR count). The van der Waals surface area contributed by atoms with Crippen molar-refractivity contribution in [2.45, 2.75) is 310 Å². The van der Waals surface area contributed by atoms with Crippen molar-refractivity contribution in [1.82, 2.24) is 0 Å². The van der Waals surface area contributed by atoms with Crippen molar-refractivity contribution >= 4 is 0 Å². The number of nitrogens with zero attached hydrogens (tertiary/aromatic N) is 1. The summed E-state index contributed by atoms with van der Waals surface area (Å²) in [6, 6.07) is 0. The van der Waals surface area contributed by atoms with E-state index in [2.05, 4.69) is 20.8 Å². The number of hydrogen-bond donors (Lipinski definition) is 0. The normalized spacial score (nSPS) is 12.0. The monoisotopic (exact) mass is 748 g/mol. The summed E-state index contributed by atoms with van der Waals surface area (Å²) >= 11 is 0. The molecular formula is C51H105NO. The fraction of sp³-hybridized carbons (Fsp3) is 1.00. The molecule has 0 aliphatic heterocycles. The van der Waals surface area contributed by atoms with Crippen LogP contribution >= 0.6 is 0 Å². The van der Waals surface area contributed by atoms with Crippen LogP contribution in [0.5, 0.6) is 0 Å². The Balaban J connectivity index is 4.07. The van der Waals surface area contributed by atoms with Crippen LogP contribution in [0, 0.1) is 5.21 Å². The topological polar surface area (TPSA) is 23.1 Å². The lowest BCUT2D eigenvalue weighted by molar-refractivity contribution is -0.881. The highest BCUT2D eigenvalue weighted by Crippen LogP contribution is 2.20. The standard InChI is InChI=1S/C51H105NO/c1-4-7-10-13-16-19-22-25-28-31-34-37-40-43-46-49-52(53,50-47-44-41-38-35-32-29-26-23-20-17-14-11-8-5-2)51-48-45-42-39-36-33-30-27-24-21-18-15-12-9-6-3/h4-51H2,1-3H3. The molecule has 2 heteroatoms. The van der Waals surface area contributed by atoms with Crippen molar-refractivity contribution in [1.29, 1.82) is 0 Å². The molecule has 53 heavy (non-hydrogen) atoms. The van der Waals surface area contributed by atoms with E-state index in [1.165, 1.54) is 270 Å². The van der Waals surface area contributed by atoms with Crippen LogP contribution in [-0.4, -0.2) is 24.3 Å². The van der Waals surface area contributed by atoms with Crippen molar-refractivity contribution in [3.05, 3.63) is 5.21 Å². The Kier molecular flexibility index (Phi) is 46.2.